The fourth-order valence-corrected chi connectivity index (χ4v) is 3.93. The van der Waals surface area contributed by atoms with Gasteiger partial charge in [0.15, 0.2) is 0 Å². The Labute approximate surface area is 122 Å². The molecule has 0 fully saturated rings. The minimum atomic E-state index is 0.242. The Bertz CT molecular complexity index is 644. The van der Waals surface area contributed by atoms with Crippen LogP contribution < -0.4 is 0 Å². The largest absolute Gasteiger partial charge is 0.335 e. The number of amides is 1. The van der Waals surface area contributed by atoms with Crippen LogP contribution in [0.3, 0.4) is 0 Å². The predicted molar refractivity (Wildman–Crippen MR) is 77.7 cm³/mol. The van der Waals surface area contributed by atoms with Crippen molar-refractivity contribution in [3.8, 4) is 0 Å². The minimum Gasteiger partial charge on any atom is -0.335 e. The number of nitrogens with zero attached hydrogens (tertiary/aromatic N) is 3. The molecule has 2 aromatic heterocycles. The molecule has 0 atom stereocenters. The first kappa shape index (κ1) is 12.1. The summed E-state index contributed by atoms with van der Waals surface area (Å²) in [5, 5.41) is 6.71. The molecule has 0 aromatic carbocycles. The van der Waals surface area contributed by atoms with Crippen LogP contribution in [-0.2, 0) is 37.1 Å². The summed E-state index contributed by atoms with van der Waals surface area (Å²) in [6.07, 6.45) is 4.00. The number of carbonyl (C=O) groups is 1. The number of aryl methyl sites for hydroxylation is 1. The van der Waals surface area contributed by atoms with Crippen molar-refractivity contribution >= 4 is 17.2 Å². The average molecular weight is 287 g/mol. The van der Waals surface area contributed by atoms with Gasteiger partial charge in [0.05, 0.1) is 30.9 Å². The number of rotatable bonds is 2. The highest BCUT2D eigenvalue weighted by Crippen LogP contribution is 2.28. The highest BCUT2D eigenvalue weighted by atomic mass is 32.1. The van der Waals surface area contributed by atoms with E-state index in [0.717, 1.165) is 37.4 Å². The lowest BCUT2D eigenvalue weighted by atomic mass is 10.1. The van der Waals surface area contributed by atoms with Crippen molar-refractivity contribution in [1.29, 1.82) is 0 Å². The van der Waals surface area contributed by atoms with Gasteiger partial charge in [0.25, 0.3) is 0 Å². The van der Waals surface area contributed by atoms with Crippen molar-refractivity contribution in [3.05, 3.63) is 39.3 Å². The Morgan fingerprint density at radius 2 is 2.30 bits per heavy atom. The second kappa shape index (κ2) is 4.74. The second-order valence-corrected chi connectivity index (χ2v) is 6.55. The highest BCUT2D eigenvalue weighted by molar-refractivity contribution is 7.10. The maximum absolute atomic E-state index is 12.4. The molecule has 2 aliphatic rings. The number of thiophene rings is 1. The molecule has 104 valence electrons. The molecular formula is C15H17N3OS. The molecule has 1 aliphatic heterocycles. The number of hydrogen-bond acceptors (Lipinski definition) is 3. The summed E-state index contributed by atoms with van der Waals surface area (Å²) in [5.74, 6) is 0.242. The predicted octanol–water partition coefficient (Wildman–Crippen LogP) is 2.02. The fourth-order valence-electron chi connectivity index (χ4n) is 3.24. The van der Waals surface area contributed by atoms with E-state index in [9.17, 15) is 4.79 Å². The quantitative estimate of drug-likeness (QED) is 0.847. The number of fused-ring (bicyclic) bond motifs is 3. The summed E-state index contributed by atoms with van der Waals surface area (Å²) in [5.41, 5.74) is 3.97. The molecule has 5 heteroatoms. The van der Waals surface area contributed by atoms with Gasteiger partial charge in [-0.2, -0.15) is 5.10 Å². The zero-order valence-electron chi connectivity index (χ0n) is 11.3. The van der Waals surface area contributed by atoms with Crippen molar-refractivity contribution < 1.29 is 4.79 Å². The maximum Gasteiger partial charge on any atom is 0.228 e. The molecule has 0 bridgehead atoms. The van der Waals surface area contributed by atoms with Gasteiger partial charge in [-0.25, -0.2) is 0 Å². The van der Waals surface area contributed by atoms with Gasteiger partial charge in [-0.05, 0) is 36.3 Å². The van der Waals surface area contributed by atoms with Gasteiger partial charge in [-0.1, -0.05) is 6.07 Å². The van der Waals surface area contributed by atoms with E-state index in [1.165, 1.54) is 23.4 Å². The molecule has 0 N–H and O–H groups in total. The van der Waals surface area contributed by atoms with Gasteiger partial charge in [0, 0.05) is 11.4 Å². The first-order valence-electron chi connectivity index (χ1n) is 7.19. The Morgan fingerprint density at radius 3 is 3.15 bits per heavy atom. The van der Waals surface area contributed by atoms with Crippen LogP contribution >= 0.6 is 11.3 Å². The van der Waals surface area contributed by atoms with E-state index in [1.54, 1.807) is 11.3 Å². The molecule has 3 heterocycles. The van der Waals surface area contributed by atoms with Crippen molar-refractivity contribution in [3.63, 3.8) is 0 Å². The van der Waals surface area contributed by atoms with E-state index >= 15 is 0 Å². The van der Waals surface area contributed by atoms with Crippen LogP contribution in [0, 0.1) is 0 Å². The van der Waals surface area contributed by atoms with Crippen molar-refractivity contribution in [2.45, 2.75) is 38.8 Å². The summed E-state index contributed by atoms with van der Waals surface area (Å²) in [4.78, 5) is 15.5. The molecule has 4 nitrogen and oxygen atoms in total. The molecular weight excluding hydrogens is 270 g/mol. The second-order valence-electron chi connectivity index (χ2n) is 5.52. The SMILES string of the molecule is O=C(Cc1cccs1)N1CCn2nc3c(c2C1)CCC3. The first-order chi connectivity index (χ1) is 9.81. The average Bonchev–Trinajstić information content (AvgIpc) is 3.13. The van der Waals surface area contributed by atoms with Crippen molar-refractivity contribution in [1.82, 2.24) is 14.7 Å². The molecule has 1 aliphatic carbocycles. The standard InChI is InChI=1S/C15H17N3OS/c19-15(9-11-3-2-8-20-11)17-6-7-18-14(10-17)12-4-1-5-13(12)16-18/h2-3,8H,1,4-7,9-10H2. The normalized spacial score (nSPS) is 17.1. The molecule has 0 saturated carbocycles. The summed E-state index contributed by atoms with van der Waals surface area (Å²) in [6.45, 7) is 2.38. The third-order valence-electron chi connectivity index (χ3n) is 4.27. The first-order valence-corrected chi connectivity index (χ1v) is 8.07. The maximum atomic E-state index is 12.4. The van der Waals surface area contributed by atoms with E-state index < -0.39 is 0 Å². The molecule has 0 saturated heterocycles. The smallest absolute Gasteiger partial charge is 0.228 e. The van der Waals surface area contributed by atoms with E-state index in [-0.39, 0.29) is 5.91 Å². The van der Waals surface area contributed by atoms with Crippen LogP contribution in [0.15, 0.2) is 17.5 Å². The molecule has 0 spiro atoms. The molecule has 0 radical (unpaired) electrons. The summed E-state index contributed by atoms with van der Waals surface area (Å²) in [7, 11) is 0. The lowest BCUT2D eigenvalue weighted by molar-refractivity contribution is -0.131. The van der Waals surface area contributed by atoms with Gasteiger partial charge >= 0.3 is 0 Å². The van der Waals surface area contributed by atoms with Gasteiger partial charge in [-0.3, -0.25) is 9.48 Å². The lowest BCUT2D eigenvalue weighted by Gasteiger charge is -2.28. The zero-order chi connectivity index (χ0) is 13.5. The number of carbonyl (C=O) groups excluding carboxylic acids is 1. The third-order valence-corrected chi connectivity index (χ3v) is 5.15. The van der Waals surface area contributed by atoms with Crippen LogP contribution in [0.4, 0.5) is 0 Å². The van der Waals surface area contributed by atoms with Crippen LogP contribution in [0.25, 0.3) is 0 Å². The third kappa shape index (κ3) is 1.97. The summed E-state index contributed by atoms with van der Waals surface area (Å²) < 4.78 is 2.12. The molecule has 20 heavy (non-hydrogen) atoms. The van der Waals surface area contributed by atoms with Gasteiger partial charge in [0.1, 0.15) is 0 Å². The van der Waals surface area contributed by atoms with E-state index in [1.807, 2.05) is 22.4 Å². The minimum absolute atomic E-state index is 0.242. The van der Waals surface area contributed by atoms with Crippen molar-refractivity contribution in [2.24, 2.45) is 0 Å². The van der Waals surface area contributed by atoms with Gasteiger partial charge in [0.2, 0.25) is 5.91 Å². The van der Waals surface area contributed by atoms with Gasteiger partial charge in [-0.15, -0.1) is 11.3 Å². The lowest BCUT2D eigenvalue weighted by Crippen LogP contribution is -2.39. The Kier molecular flexibility index (Phi) is 2.88. The topological polar surface area (TPSA) is 38.1 Å². The van der Waals surface area contributed by atoms with E-state index in [2.05, 4.69) is 9.78 Å². The fraction of sp³-hybridized carbons (Fsp3) is 0.467. The molecule has 0 unspecified atom stereocenters. The van der Waals surface area contributed by atoms with Gasteiger partial charge < -0.3 is 4.90 Å². The number of aromatic nitrogens is 2. The van der Waals surface area contributed by atoms with Crippen LogP contribution in [-0.4, -0.2) is 27.1 Å². The summed E-state index contributed by atoms with van der Waals surface area (Å²) in [6, 6.07) is 4.04. The number of hydrogen-bond donors (Lipinski definition) is 0. The van der Waals surface area contributed by atoms with Crippen molar-refractivity contribution in [2.75, 3.05) is 6.54 Å². The Balaban J connectivity index is 1.53. The van der Waals surface area contributed by atoms with Crippen LogP contribution in [0.5, 0.6) is 0 Å². The molecule has 2 aromatic rings. The van der Waals surface area contributed by atoms with Crippen LogP contribution in [0.2, 0.25) is 0 Å². The summed E-state index contributed by atoms with van der Waals surface area (Å²) >= 11 is 1.66. The Hall–Kier alpha value is -1.62. The molecule has 1 amide bonds. The Morgan fingerprint density at radius 1 is 1.35 bits per heavy atom. The van der Waals surface area contributed by atoms with Crippen LogP contribution in [0.1, 0.15) is 28.2 Å². The van der Waals surface area contributed by atoms with E-state index in [4.69, 9.17) is 0 Å². The molecule has 4 rings (SSSR count). The zero-order valence-corrected chi connectivity index (χ0v) is 12.2. The monoisotopic (exact) mass is 287 g/mol. The van der Waals surface area contributed by atoms with E-state index in [0.29, 0.717) is 6.42 Å². The highest BCUT2D eigenvalue weighted by Gasteiger charge is 2.28.